The molecule has 3 aromatic rings. The predicted octanol–water partition coefficient (Wildman–Crippen LogP) is 3.62. The molecule has 1 fully saturated rings. The molecule has 4 rings (SSSR count). The lowest BCUT2D eigenvalue weighted by Crippen LogP contribution is -2.19. The third-order valence-electron chi connectivity index (χ3n) is 4.92. The van der Waals surface area contributed by atoms with Gasteiger partial charge in [-0.15, -0.1) is 24.8 Å². The number of rotatable bonds is 6. The van der Waals surface area contributed by atoms with Gasteiger partial charge < -0.3 is 11.1 Å². The molecule has 1 aliphatic heterocycles. The number of halogens is 2. The minimum Gasteiger partial charge on any atom is -0.324 e. The van der Waals surface area contributed by atoms with Crippen molar-refractivity contribution < 1.29 is 4.79 Å². The van der Waals surface area contributed by atoms with Crippen molar-refractivity contribution in [3.05, 3.63) is 65.5 Å². The molecule has 30 heavy (non-hydrogen) atoms. The maximum atomic E-state index is 12.6. The minimum atomic E-state index is -0.112. The molecular weight excluding hydrogens is 423 g/mol. The third-order valence-corrected chi connectivity index (χ3v) is 4.92. The van der Waals surface area contributed by atoms with Gasteiger partial charge in [-0.2, -0.15) is 5.10 Å². The molecule has 0 atom stereocenters. The molecule has 9 heteroatoms. The Morgan fingerprint density at radius 1 is 1.10 bits per heavy atom. The van der Waals surface area contributed by atoms with Crippen molar-refractivity contribution in [1.82, 2.24) is 20.1 Å². The molecule has 0 saturated carbocycles. The Morgan fingerprint density at radius 3 is 2.50 bits per heavy atom. The van der Waals surface area contributed by atoms with Gasteiger partial charge in [-0.25, -0.2) is 4.98 Å². The van der Waals surface area contributed by atoms with Crippen LogP contribution < -0.4 is 11.1 Å². The Bertz CT molecular complexity index is 954. The van der Waals surface area contributed by atoms with Crippen LogP contribution in [-0.4, -0.2) is 39.1 Å². The van der Waals surface area contributed by atoms with Crippen molar-refractivity contribution in [3.63, 3.8) is 0 Å². The zero-order valence-corrected chi connectivity index (χ0v) is 18.1. The summed E-state index contributed by atoms with van der Waals surface area (Å²) >= 11 is 0. The van der Waals surface area contributed by atoms with Gasteiger partial charge in [-0.3, -0.25) is 14.8 Å². The lowest BCUT2D eigenvalue weighted by atomic mass is 10.1. The average Bonchev–Trinajstić information content (AvgIpc) is 3.41. The summed E-state index contributed by atoms with van der Waals surface area (Å²) in [5.41, 5.74) is 8.98. The standard InChI is InChI=1S/C21H24N6O.2ClH/c22-13-19-24-20(26-25-19)16-6-8-18(9-7-16)23-21(28)17-5-3-4-15(12-17)14-27-10-1-2-11-27;;/h3-9,12H,1-2,10-11,13-14,22H2,(H,23,28)(H,24,25,26);2*1H. The molecule has 0 radical (unpaired) electrons. The average molecular weight is 449 g/mol. The van der Waals surface area contributed by atoms with Crippen molar-refractivity contribution in [2.75, 3.05) is 18.4 Å². The molecule has 2 heterocycles. The fraction of sp³-hybridized carbons (Fsp3) is 0.286. The van der Waals surface area contributed by atoms with E-state index in [1.165, 1.54) is 18.4 Å². The summed E-state index contributed by atoms with van der Waals surface area (Å²) in [5.74, 6) is 1.12. The van der Waals surface area contributed by atoms with E-state index in [1.54, 1.807) is 0 Å². The number of benzene rings is 2. The number of anilines is 1. The summed E-state index contributed by atoms with van der Waals surface area (Å²) < 4.78 is 0. The van der Waals surface area contributed by atoms with E-state index in [-0.39, 0.29) is 30.7 Å². The number of carbonyl (C=O) groups excluding carboxylic acids is 1. The highest BCUT2D eigenvalue weighted by molar-refractivity contribution is 6.04. The van der Waals surface area contributed by atoms with Crippen LogP contribution in [0.3, 0.4) is 0 Å². The van der Waals surface area contributed by atoms with Gasteiger partial charge >= 0.3 is 0 Å². The van der Waals surface area contributed by atoms with E-state index < -0.39 is 0 Å². The molecule has 0 unspecified atom stereocenters. The van der Waals surface area contributed by atoms with Crippen LogP contribution in [-0.2, 0) is 13.1 Å². The normalized spacial score (nSPS) is 13.4. The maximum Gasteiger partial charge on any atom is 0.255 e. The fourth-order valence-corrected chi connectivity index (χ4v) is 3.43. The Labute approximate surface area is 188 Å². The molecule has 160 valence electrons. The Morgan fingerprint density at radius 2 is 1.83 bits per heavy atom. The highest BCUT2D eigenvalue weighted by atomic mass is 35.5. The molecule has 1 aliphatic rings. The molecule has 0 bridgehead atoms. The first-order valence-corrected chi connectivity index (χ1v) is 9.56. The summed E-state index contributed by atoms with van der Waals surface area (Å²) in [6.45, 7) is 3.50. The highest BCUT2D eigenvalue weighted by Gasteiger charge is 2.13. The summed E-state index contributed by atoms with van der Waals surface area (Å²) in [6.07, 6.45) is 2.52. The van der Waals surface area contributed by atoms with Crippen LogP contribution in [0.4, 0.5) is 5.69 Å². The topological polar surface area (TPSA) is 99.9 Å². The van der Waals surface area contributed by atoms with E-state index in [9.17, 15) is 4.79 Å². The van der Waals surface area contributed by atoms with E-state index in [0.717, 1.165) is 30.9 Å². The van der Waals surface area contributed by atoms with E-state index in [2.05, 4.69) is 31.5 Å². The Kier molecular flexibility index (Phi) is 8.80. The monoisotopic (exact) mass is 448 g/mol. The van der Waals surface area contributed by atoms with Gasteiger partial charge in [0.1, 0.15) is 5.82 Å². The molecule has 0 spiro atoms. The maximum absolute atomic E-state index is 12.6. The van der Waals surface area contributed by atoms with Crippen LogP contribution in [0.1, 0.15) is 34.6 Å². The molecule has 1 aromatic heterocycles. The van der Waals surface area contributed by atoms with E-state index in [1.807, 2.05) is 42.5 Å². The smallest absolute Gasteiger partial charge is 0.255 e. The van der Waals surface area contributed by atoms with Crippen molar-refractivity contribution in [3.8, 4) is 11.4 Å². The number of hydrogen-bond donors (Lipinski definition) is 3. The van der Waals surface area contributed by atoms with Gasteiger partial charge in [0.2, 0.25) is 0 Å². The number of amides is 1. The van der Waals surface area contributed by atoms with Crippen molar-refractivity contribution in [2.45, 2.75) is 25.9 Å². The number of carbonyl (C=O) groups is 1. The number of aromatic nitrogens is 3. The Balaban J connectivity index is 0.00000160. The molecule has 1 amide bonds. The summed E-state index contributed by atoms with van der Waals surface area (Å²) in [4.78, 5) is 19.4. The summed E-state index contributed by atoms with van der Waals surface area (Å²) in [6, 6.07) is 15.3. The van der Waals surface area contributed by atoms with Gasteiger partial charge in [0.05, 0.1) is 6.54 Å². The molecule has 2 aromatic carbocycles. The number of aromatic amines is 1. The van der Waals surface area contributed by atoms with Gasteiger partial charge in [-0.05, 0) is 67.9 Å². The number of likely N-dealkylation sites (tertiary alicyclic amines) is 1. The van der Waals surface area contributed by atoms with E-state index in [0.29, 0.717) is 23.8 Å². The van der Waals surface area contributed by atoms with Crippen LogP contribution in [0.5, 0.6) is 0 Å². The molecule has 0 aliphatic carbocycles. The third kappa shape index (κ3) is 5.79. The number of nitrogens with one attached hydrogen (secondary N) is 2. The number of nitrogens with zero attached hydrogens (tertiary/aromatic N) is 3. The predicted molar refractivity (Wildman–Crippen MR) is 123 cm³/mol. The van der Waals surface area contributed by atoms with Crippen molar-refractivity contribution in [1.29, 1.82) is 0 Å². The first-order valence-electron chi connectivity index (χ1n) is 9.56. The second-order valence-corrected chi connectivity index (χ2v) is 7.02. The molecule has 1 saturated heterocycles. The van der Waals surface area contributed by atoms with Gasteiger partial charge in [0.25, 0.3) is 5.91 Å². The molecule has 7 nitrogen and oxygen atoms in total. The highest BCUT2D eigenvalue weighted by Crippen LogP contribution is 2.19. The number of nitrogens with two attached hydrogens (primary N) is 1. The van der Waals surface area contributed by atoms with Gasteiger partial charge in [0.15, 0.2) is 5.82 Å². The van der Waals surface area contributed by atoms with Crippen LogP contribution in [0, 0.1) is 0 Å². The van der Waals surface area contributed by atoms with Crippen LogP contribution >= 0.6 is 24.8 Å². The summed E-state index contributed by atoms with van der Waals surface area (Å²) in [7, 11) is 0. The lowest BCUT2D eigenvalue weighted by Gasteiger charge is -2.15. The quantitative estimate of drug-likeness (QED) is 0.534. The first-order chi connectivity index (χ1) is 13.7. The van der Waals surface area contributed by atoms with Crippen LogP contribution in [0.2, 0.25) is 0 Å². The van der Waals surface area contributed by atoms with Crippen molar-refractivity contribution >= 4 is 36.4 Å². The largest absolute Gasteiger partial charge is 0.324 e. The van der Waals surface area contributed by atoms with E-state index in [4.69, 9.17) is 5.73 Å². The van der Waals surface area contributed by atoms with Gasteiger partial charge in [0, 0.05) is 23.4 Å². The Hall–Kier alpha value is -2.45. The second kappa shape index (κ2) is 11.1. The van der Waals surface area contributed by atoms with Crippen LogP contribution in [0.15, 0.2) is 48.5 Å². The lowest BCUT2D eigenvalue weighted by molar-refractivity contribution is 0.102. The second-order valence-electron chi connectivity index (χ2n) is 7.02. The zero-order chi connectivity index (χ0) is 19.3. The SMILES string of the molecule is Cl.Cl.NCc1nc(-c2ccc(NC(=O)c3cccc(CN4CCCC4)c3)cc2)n[nH]1. The van der Waals surface area contributed by atoms with Crippen LogP contribution in [0.25, 0.3) is 11.4 Å². The zero-order valence-electron chi connectivity index (χ0n) is 16.5. The number of hydrogen-bond acceptors (Lipinski definition) is 5. The fourth-order valence-electron chi connectivity index (χ4n) is 3.43. The number of H-pyrrole nitrogens is 1. The minimum absolute atomic E-state index is 0. The van der Waals surface area contributed by atoms with Gasteiger partial charge in [-0.1, -0.05) is 12.1 Å². The molecular formula is C21H26Cl2N6O. The van der Waals surface area contributed by atoms with E-state index >= 15 is 0 Å². The molecule has 4 N–H and O–H groups in total. The summed E-state index contributed by atoms with van der Waals surface area (Å²) in [5, 5.41) is 9.89. The van der Waals surface area contributed by atoms with Crippen molar-refractivity contribution in [2.24, 2.45) is 5.73 Å². The first kappa shape index (κ1) is 23.8.